The molecule has 0 aliphatic carbocycles. The van der Waals surface area contributed by atoms with E-state index in [-0.39, 0.29) is 5.75 Å². The molecule has 0 bridgehead atoms. The summed E-state index contributed by atoms with van der Waals surface area (Å²) in [6.45, 7) is 0. The van der Waals surface area contributed by atoms with Crippen molar-refractivity contribution in [1.29, 1.82) is 0 Å². The number of halogens is 4. The van der Waals surface area contributed by atoms with Gasteiger partial charge < -0.3 is 4.74 Å². The normalized spacial score (nSPS) is 11.5. The molecule has 0 radical (unpaired) electrons. The molecule has 6 heteroatoms. The summed E-state index contributed by atoms with van der Waals surface area (Å²) in [6.07, 6.45) is -2.77. The second kappa shape index (κ2) is 4.61. The third-order valence-electron chi connectivity index (χ3n) is 1.36. The van der Waals surface area contributed by atoms with Crippen LogP contribution in [0.5, 0.6) is 5.75 Å². The molecule has 0 atom stereocenters. The van der Waals surface area contributed by atoms with Crippen LogP contribution in [0.4, 0.5) is 13.2 Å². The zero-order valence-electron chi connectivity index (χ0n) is 7.06. The van der Waals surface area contributed by atoms with Crippen LogP contribution in [0, 0.1) is 3.57 Å². The van der Waals surface area contributed by atoms with E-state index in [0.29, 0.717) is 3.57 Å². The molecule has 0 saturated heterocycles. The minimum Gasteiger partial charge on any atom is -0.405 e. The van der Waals surface area contributed by atoms with Crippen molar-refractivity contribution in [3.63, 3.8) is 0 Å². The average molecular weight is 334 g/mol. The molecule has 0 amide bonds. The van der Waals surface area contributed by atoms with E-state index in [1.165, 1.54) is 17.8 Å². The smallest absolute Gasteiger partial charge is 0.405 e. The molecule has 78 valence electrons. The van der Waals surface area contributed by atoms with Crippen LogP contribution in [-0.4, -0.2) is 12.6 Å². The first kappa shape index (κ1) is 12.0. The molecule has 14 heavy (non-hydrogen) atoms. The highest BCUT2D eigenvalue weighted by Crippen LogP contribution is 2.30. The van der Waals surface area contributed by atoms with Crippen molar-refractivity contribution < 1.29 is 17.9 Å². The molecule has 0 fully saturated rings. The van der Waals surface area contributed by atoms with Crippen molar-refractivity contribution in [1.82, 2.24) is 0 Å². The first-order valence-electron chi connectivity index (χ1n) is 3.51. The minimum atomic E-state index is -4.62. The zero-order valence-corrected chi connectivity index (χ0v) is 10.0. The molecule has 0 saturated carbocycles. The Morgan fingerprint density at radius 3 is 2.43 bits per heavy atom. The van der Waals surface area contributed by atoms with Gasteiger partial charge in [0.15, 0.2) is 0 Å². The Morgan fingerprint density at radius 2 is 2.00 bits per heavy atom. The third-order valence-corrected chi connectivity index (χ3v) is 2.93. The molecule has 0 N–H and O–H groups in total. The van der Waals surface area contributed by atoms with Gasteiger partial charge in [0.1, 0.15) is 5.75 Å². The molecule has 1 nitrogen and oxygen atoms in total. The lowest BCUT2D eigenvalue weighted by atomic mass is 10.3. The van der Waals surface area contributed by atoms with Crippen LogP contribution in [0.25, 0.3) is 0 Å². The Morgan fingerprint density at radius 1 is 1.36 bits per heavy atom. The topological polar surface area (TPSA) is 9.23 Å². The van der Waals surface area contributed by atoms with Crippen molar-refractivity contribution in [2.24, 2.45) is 0 Å². The van der Waals surface area contributed by atoms with Crippen LogP contribution in [0.15, 0.2) is 23.1 Å². The van der Waals surface area contributed by atoms with Gasteiger partial charge in [-0.3, -0.25) is 0 Å². The first-order valence-corrected chi connectivity index (χ1v) is 5.82. The number of hydrogen-bond donors (Lipinski definition) is 0. The van der Waals surface area contributed by atoms with Gasteiger partial charge in [0, 0.05) is 4.90 Å². The fraction of sp³-hybridized carbons (Fsp3) is 0.250. The maximum atomic E-state index is 11.9. The predicted molar refractivity (Wildman–Crippen MR) is 57.6 cm³/mol. The van der Waals surface area contributed by atoms with Crippen molar-refractivity contribution >= 4 is 34.4 Å². The van der Waals surface area contributed by atoms with Gasteiger partial charge in [-0.1, -0.05) is 0 Å². The summed E-state index contributed by atoms with van der Waals surface area (Å²) in [5.74, 6) is -0.157. The van der Waals surface area contributed by atoms with Gasteiger partial charge in [0.05, 0.1) is 3.57 Å². The Labute approximate surface area is 97.2 Å². The predicted octanol–water partition coefficient (Wildman–Crippen LogP) is 3.91. The molecular weight excluding hydrogens is 328 g/mol. The first-order chi connectivity index (χ1) is 6.42. The average Bonchev–Trinajstić information content (AvgIpc) is 2.06. The Bertz CT molecular complexity index is 327. The monoisotopic (exact) mass is 334 g/mol. The van der Waals surface area contributed by atoms with Gasteiger partial charge in [-0.2, -0.15) is 0 Å². The van der Waals surface area contributed by atoms with E-state index in [2.05, 4.69) is 4.74 Å². The van der Waals surface area contributed by atoms with Crippen LogP contribution < -0.4 is 4.74 Å². The maximum absolute atomic E-state index is 11.9. The molecule has 0 aromatic heterocycles. The van der Waals surface area contributed by atoms with Gasteiger partial charge in [-0.05, 0) is 47.0 Å². The molecule has 0 aliphatic rings. The Kier molecular flexibility index (Phi) is 3.94. The van der Waals surface area contributed by atoms with E-state index < -0.39 is 6.36 Å². The van der Waals surface area contributed by atoms with Crippen LogP contribution in [0.1, 0.15) is 0 Å². The van der Waals surface area contributed by atoms with Gasteiger partial charge in [0.2, 0.25) is 0 Å². The van der Waals surface area contributed by atoms with Crippen LogP contribution in [-0.2, 0) is 0 Å². The summed E-state index contributed by atoms with van der Waals surface area (Å²) in [4.78, 5) is 0.906. The highest BCUT2D eigenvalue weighted by atomic mass is 127. The van der Waals surface area contributed by atoms with E-state index in [0.717, 1.165) is 4.90 Å². The van der Waals surface area contributed by atoms with E-state index in [1.54, 1.807) is 12.1 Å². The van der Waals surface area contributed by atoms with Crippen LogP contribution in [0.2, 0.25) is 0 Å². The molecular formula is C8H6F3IOS. The molecule has 0 spiro atoms. The van der Waals surface area contributed by atoms with E-state index in [4.69, 9.17) is 0 Å². The SMILES string of the molecule is CSc1ccc(OC(F)(F)F)c(I)c1. The number of thioether (sulfide) groups is 1. The second-order valence-electron chi connectivity index (χ2n) is 2.34. The van der Waals surface area contributed by atoms with E-state index >= 15 is 0 Å². The largest absolute Gasteiger partial charge is 0.573 e. The quantitative estimate of drug-likeness (QED) is 0.599. The van der Waals surface area contributed by atoms with Crippen LogP contribution in [0.3, 0.4) is 0 Å². The van der Waals surface area contributed by atoms with E-state index in [9.17, 15) is 13.2 Å². The number of benzene rings is 1. The number of hydrogen-bond acceptors (Lipinski definition) is 2. The number of rotatable bonds is 2. The standard InChI is InChI=1S/C8H6F3IOS/c1-14-5-2-3-7(6(12)4-5)13-8(9,10)11/h2-4H,1H3. The molecule has 0 heterocycles. The lowest BCUT2D eigenvalue weighted by Crippen LogP contribution is -2.17. The number of ether oxygens (including phenoxy) is 1. The molecule has 0 unspecified atom stereocenters. The third kappa shape index (κ3) is 3.56. The molecule has 1 aromatic rings. The van der Waals surface area contributed by atoms with Gasteiger partial charge >= 0.3 is 6.36 Å². The fourth-order valence-corrected chi connectivity index (χ4v) is 2.09. The Hall–Kier alpha value is -0.110. The van der Waals surface area contributed by atoms with Crippen molar-refractivity contribution in [3.8, 4) is 5.75 Å². The fourth-order valence-electron chi connectivity index (χ4n) is 0.816. The summed E-state index contributed by atoms with van der Waals surface area (Å²) in [5, 5.41) is 0. The summed E-state index contributed by atoms with van der Waals surface area (Å²) in [7, 11) is 0. The van der Waals surface area contributed by atoms with Crippen molar-refractivity contribution in [2.45, 2.75) is 11.3 Å². The summed E-state index contributed by atoms with van der Waals surface area (Å²) < 4.78 is 39.9. The molecule has 0 aliphatic heterocycles. The van der Waals surface area contributed by atoms with E-state index in [1.807, 2.05) is 28.8 Å². The Balaban J connectivity index is 2.89. The second-order valence-corrected chi connectivity index (χ2v) is 4.39. The summed E-state index contributed by atoms with van der Waals surface area (Å²) in [5.41, 5.74) is 0. The summed E-state index contributed by atoms with van der Waals surface area (Å²) in [6, 6.07) is 4.56. The van der Waals surface area contributed by atoms with Crippen LogP contribution >= 0.6 is 34.4 Å². The van der Waals surface area contributed by atoms with Crippen molar-refractivity contribution in [3.05, 3.63) is 21.8 Å². The zero-order chi connectivity index (χ0) is 10.8. The highest BCUT2D eigenvalue weighted by Gasteiger charge is 2.31. The minimum absolute atomic E-state index is 0.157. The van der Waals surface area contributed by atoms with Crippen molar-refractivity contribution in [2.75, 3.05) is 6.26 Å². The highest BCUT2D eigenvalue weighted by molar-refractivity contribution is 14.1. The van der Waals surface area contributed by atoms with Gasteiger partial charge in [-0.15, -0.1) is 24.9 Å². The molecule has 1 rings (SSSR count). The summed E-state index contributed by atoms with van der Waals surface area (Å²) >= 11 is 3.28. The maximum Gasteiger partial charge on any atom is 0.573 e. The van der Waals surface area contributed by atoms with Gasteiger partial charge in [0.25, 0.3) is 0 Å². The lowest BCUT2D eigenvalue weighted by Gasteiger charge is -2.10. The number of alkyl halides is 3. The molecule has 1 aromatic carbocycles. The lowest BCUT2D eigenvalue weighted by molar-refractivity contribution is -0.275. The van der Waals surface area contributed by atoms with Gasteiger partial charge in [-0.25, -0.2) is 0 Å².